The van der Waals surface area contributed by atoms with Crippen LogP contribution < -0.4 is 5.32 Å². The van der Waals surface area contributed by atoms with Crippen LogP contribution in [-0.4, -0.2) is 15.7 Å². The molecule has 0 aliphatic carbocycles. The lowest BCUT2D eigenvalue weighted by atomic mass is 9.91. The van der Waals surface area contributed by atoms with E-state index in [-0.39, 0.29) is 13.0 Å². The van der Waals surface area contributed by atoms with E-state index in [0.717, 1.165) is 22.4 Å². The van der Waals surface area contributed by atoms with E-state index in [1.807, 2.05) is 24.3 Å². The summed E-state index contributed by atoms with van der Waals surface area (Å²) in [5.41, 5.74) is 2.18. The van der Waals surface area contributed by atoms with Gasteiger partial charge in [-0.2, -0.15) is 9.49 Å². The molecule has 5 heteroatoms. The Bertz CT molecular complexity index is 707. The molecule has 1 unspecified atom stereocenters. The van der Waals surface area contributed by atoms with Crippen molar-refractivity contribution in [3.8, 4) is 0 Å². The highest BCUT2D eigenvalue weighted by Gasteiger charge is 2.22. The molecule has 1 heterocycles. The molecular formula is C19H28FN3O. The van der Waals surface area contributed by atoms with Crippen molar-refractivity contribution in [1.29, 1.82) is 0 Å². The second-order valence-corrected chi connectivity index (χ2v) is 6.45. The number of carbonyl (C=O) groups is 1. The highest BCUT2D eigenvalue weighted by molar-refractivity contribution is 6.05. The van der Waals surface area contributed by atoms with E-state index in [1.165, 1.54) is 7.05 Å². The van der Waals surface area contributed by atoms with E-state index in [1.54, 1.807) is 6.92 Å². The van der Waals surface area contributed by atoms with E-state index >= 15 is 0 Å². The third-order valence-corrected chi connectivity index (χ3v) is 3.94. The molecule has 1 atom stereocenters. The highest BCUT2D eigenvalue weighted by atomic mass is 19.1. The second-order valence-electron chi connectivity index (χ2n) is 6.45. The predicted octanol–water partition coefficient (Wildman–Crippen LogP) is 4.91. The third-order valence-electron chi connectivity index (χ3n) is 3.94. The van der Waals surface area contributed by atoms with E-state index < -0.39 is 11.9 Å². The van der Waals surface area contributed by atoms with Crippen molar-refractivity contribution in [3.05, 3.63) is 47.0 Å². The summed E-state index contributed by atoms with van der Waals surface area (Å²) in [6, 6.07) is 7.69. The lowest BCUT2D eigenvalue weighted by Gasteiger charge is -2.18. The van der Waals surface area contributed by atoms with Gasteiger partial charge >= 0.3 is 0 Å². The fourth-order valence-corrected chi connectivity index (χ4v) is 2.95. The number of aromatic nitrogens is 2. The summed E-state index contributed by atoms with van der Waals surface area (Å²) in [4.78, 5) is 12.5. The van der Waals surface area contributed by atoms with Gasteiger partial charge in [-0.05, 0) is 36.8 Å². The number of aryl methyl sites for hydroxylation is 2. The summed E-state index contributed by atoms with van der Waals surface area (Å²) < 4.78 is 15.1. The molecule has 2 rings (SSSR count). The third kappa shape index (κ3) is 4.22. The molecule has 0 saturated heterocycles. The number of carbonyl (C=O) groups excluding carboxylic acids is 1. The van der Waals surface area contributed by atoms with E-state index in [0.29, 0.717) is 17.5 Å². The molecular weight excluding hydrogens is 305 g/mol. The monoisotopic (exact) mass is 333 g/mol. The lowest BCUT2D eigenvalue weighted by molar-refractivity contribution is 0.102. The summed E-state index contributed by atoms with van der Waals surface area (Å²) in [7, 11) is 1.48. The van der Waals surface area contributed by atoms with Crippen LogP contribution in [0.5, 0.6) is 0 Å². The Hall–Kier alpha value is -2.17. The molecule has 0 bridgehead atoms. The zero-order valence-electron chi connectivity index (χ0n) is 14.4. The second kappa shape index (κ2) is 8.08. The largest absolute Gasteiger partial charge is 0.322 e. The molecule has 0 aliphatic rings. The molecule has 132 valence electrons. The zero-order valence-corrected chi connectivity index (χ0v) is 14.4. The molecule has 0 fully saturated rings. The quantitative estimate of drug-likeness (QED) is 0.845. The Kier molecular flexibility index (Phi) is 6.70. The molecule has 2 aromatic rings. The number of nitrogens with one attached hydrogen (secondary N) is 1. The van der Waals surface area contributed by atoms with Gasteiger partial charge in [0.25, 0.3) is 5.91 Å². The molecule has 0 spiro atoms. The SMILES string of the molecule is C.Cc1nn(C)c(F)c1C(=O)Nc1ccccc1C(C)CC(C)C. The highest BCUT2D eigenvalue weighted by Crippen LogP contribution is 2.29. The van der Waals surface area contributed by atoms with Gasteiger partial charge in [0.2, 0.25) is 5.95 Å². The molecule has 0 saturated carbocycles. The van der Waals surface area contributed by atoms with Crippen LogP contribution >= 0.6 is 0 Å². The van der Waals surface area contributed by atoms with Crippen molar-refractivity contribution >= 4 is 11.6 Å². The summed E-state index contributed by atoms with van der Waals surface area (Å²) in [6.45, 7) is 8.12. The topological polar surface area (TPSA) is 46.9 Å². The van der Waals surface area contributed by atoms with Gasteiger partial charge in [-0.25, -0.2) is 4.68 Å². The molecule has 0 radical (unpaired) electrons. The van der Waals surface area contributed by atoms with E-state index in [2.05, 4.69) is 31.2 Å². The van der Waals surface area contributed by atoms with Gasteiger partial charge < -0.3 is 5.32 Å². The van der Waals surface area contributed by atoms with Crippen LogP contribution in [0.15, 0.2) is 24.3 Å². The van der Waals surface area contributed by atoms with Gasteiger partial charge in [-0.15, -0.1) is 0 Å². The minimum absolute atomic E-state index is 0. The number of para-hydroxylation sites is 1. The molecule has 24 heavy (non-hydrogen) atoms. The first kappa shape index (κ1) is 19.9. The summed E-state index contributed by atoms with van der Waals surface area (Å²) in [6.07, 6.45) is 1.02. The van der Waals surface area contributed by atoms with Crippen LogP contribution in [-0.2, 0) is 7.05 Å². The Morgan fingerprint density at radius 3 is 2.46 bits per heavy atom. The van der Waals surface area contributed by atoms with Crippen LogP contribution in [0.1, 0.15) is 62.2 Å². The first-order chi connectivity index (χ1) is 10.8. The van der Waals surface area contributed by atoms with Crippen LogP contribution in [0, 0.1) is 18.8 Å². The maximum atomic E-state index is 14.0. The number of benzene rings is 1. The first-order valence-electron chi connectivity index (χ1n) is 7.90. The maximum Gasteiger partial charge on any atom is 0.262 e. The fraction of sp³-hybridized carbons (Fsp3) is 0.474. The van der Waals surface area contributed by atoms with E-state index in [9.17, 15) is 9.18 Å². The standard InChI is InChI=1S/C18H24FN3O.CH4/c1-11(2)10-12(3)14-8-6-7-9-15(14)20-18(23)16-13(4)21-22(5)17(16)19;/h6-9,11-12H,10H2,1-5H3,(H,20,23);1H4. The molecule has 1 N–H and O–H groups in total. The van der Waals surface area contributed by atoms with Gasteiger partial charge in [-0.3, -0.25) is 4.79 Å². The Morgan fingerprint density at radius 1 is 1.29 bits per heavy atom. The molecule has 1 amide bonds. The fourth-order valence-electron chi connectivity index (χ4n) is 2.95. The minimum atomic E-state index is -0.618. The normalized spacial score (nSPS) is 12.0. The van der Waals surface area contributed by atoms with Crippen molar-refractivity contribution in [3.63, 3.8) is 0 Å². The van der Waals surface area contributed by atoms with Crippen LogP contribution in [0.3, 0.4) is 0 Å². The van der Waals surface area contributed by atoms with Crippen molar-refractivity contribution < 1.29 is 9.18 Å². The smallest absolute Gasteiger partial charge is 0.262 e. The van der Waals surface area contributed by atoms with E-state index in [4.69, 9.17) is 0 Å². The zero-order chi connectivity index (χ0) is 17.1. The number of hydrogen-bond acceptors (Lipinski definition) is 2. The van der Waals surface area contributed by atoms with Gasteiger partial charge in [0.05, 0.1) is 5.69 Å². The number of hydrogen-bond donors (Lipinski definition) is 1. The number of anilines is 1. The van der Waals surface area contributed by atoms with Crippen molar-refractivity contribution in [2.75, 3.05) is 5.32 Å². The Balaban J connectivity index is 0.00000288. The average molecular weight is 333 g/mol. The average Bonchev–Trinajstić information content (AvgIpc) is 2.71. The Labute approximate surface area is 144 Å². The van der Waals surface area contributed by atoms with Crippen LogP contribution in [0.4, 0.5) is 10.1 Å². The van der Waals surface area contributed by atoms with Gasteiger partial charge in [0.1, 0.15) is 5.56 Å². The molecule has 1 aromatic heterocycles. The van der Waals surface area contributed by atoms with Gasteiger partial charge in [-0.1, -0.05) is 46.4 Å². The van der Waals surface area contributed by atoms with Crippen LogP contribution in [0.2, 0.25) is 0 Å². The maximum absolute atomic E-state index is 14.0. The van der Waals surface area contributed by atoms with Gasteiger partial charge in [0, 0.05) is 12.7 Å². The summed E-state index contributed by atoms with van der Waals surface area (Å²) in [5.74, 6) is -0.205. The number of rotatable bonds is 5. The van der Waals surface area contributed by atoms with Gasteiger partial charge in [0.15, 0.2) is 0 Å². The van der Waals surface area contributed by atoms with Crippen molar-refractivity contribution in [2.45, 2.75) is 47.5 Å². The summed E-state index contributed by atoms with van der Waals surface area (Å²) >= 11 is 0. The number of nitrogens with zero attached hydrogens (tertiary/aromatic N) is 2. The first-order valence-corrected chi connectivity index (χ1v) is 7.90. The minimum Gasteiger partial charge on any atom is -0.322 e. The molecule has 4 nitrogen and oxygen atoms in total. The number of amides is 1. The van der Waals surface area contributed by atoms with Crippen molar-refractivity contribution in [2.24, 2.45) is 13.0 Å². The molecule has 0 aliphatic heterocycles. The van der Waals surface area contributed by atoms with Crippen LogP contribution in [0.25, 0.3) is 0 Å². The molecule has 1 aromatic carbocycles. The summed E-state index contributed by atoms with van der Waals surface area (Å²) in [5, 5.41) is 6.79. The lowest BCUT2D eigenvalue weighted by Crippen LogP contribution is -2.16. The number of halogens is 1. The predicted molar refractivity (Wildman–Crippen MR) is 96.9 cm³/mol. The Morgan fingerprint density at radius 2 is 1.92 bits per heavy atom. The van der Waals surface area contributed by atoms with Crippen molar-refractivity contribution in [1.82, 2.24) is 9.78 Å².